The molecule has 110 valence electrons. The van der Waals surface area contributed by atoms with Gasteiger partial charge in [-0.3, -0.25) is 0 Å². The van der Waals surface area contributed by atoms with Gasteiger partial charge in [-0.2, -0.15) is 4.31 Å². The Kier molecular flexibility index (Phi) is 6.41. The van der Waals surface area contributed by atoms with E-state index < -0.39 is 10.0 Å². The van der Waals surface area contributed by atoms with Crippen LogP contribution in [0, 0.1) is 6.92 Å². The summed E-state index contributed by atoms with van der Waals surface area (Å²) >= 11 is 0. The summed E-state index contributed by atoms with van der Waals surface area (Å²) in [5.74, 6) is 0. The third-order valence-electron chi connectivity index (χ3n) is 2.71. The molecule has 0 radical (unpaired) electrons. The first-order valence-corrected chi connectivity index (χ1v) is 7.69. The van der Waals surface area contributed by atoms with Gasteiger partial charge < -0.3 is 4.84 Å². The first-order valence-electron chi connectivity index (χ1n) is 6.25. The predicted molar refractivity (Wildman–Crippen MR) is 80.3 cm³/mol. The number of sulfonamides is 1. The van der Waals surface area contributed by atoms with E-state index in [-0.39, 0.29) is 11.4 Å². The molecule has 1 aromatic rings. The van der Waals surface area contributed by atoms with Crippen molar-refractivity contribution in [1.82, 2.24) is 4.31 Å². The standard InChI is InChI=1S/C14H20N2O3S/c1-4-5-11-16(12-10-15-19-3)20(17,18)14-8-6-13(2)7-9-14/h4,6-10H,1,5,11-12H2,2-3H3/b15-10+. The monoisotopic (exact) mass is 296 g/mol. The van der Waals surface area contributed by atoms with Crippen LogP contribution in [0.4, 0.5) is 0 Å². The zero-order valence-electron chi connectivity index (χ0n) is 11.8. The lowest BCUT2D eigenvalue weighted by Crippen LogP contribution is -2.33. The summed E-state index contributed by atoms with van der Waals surface area (Å²) in [6, 6.07) is 6.78. The van der Waals surface area contributed by atoms with Crippen LogP contribution < -0.4 is 0 Å². The Bertz CT molecular complexity index is 550. The van der Waals surface area contributed by atoms with Crippen molar-refractivity contribution in [3.8, 4) is 0 Å². The van der Waals surface area contributed by atoms with E-state index in [9.17, 15) is 8.42 Å². The molecule has 0 aliphatic carbocycles. The molecular formula is C14H20N2O3S. The molecule has 5 nitrogen and oxygen atoms in total. The average Bonchev–Trinajstić information content (AvgIpc) is 2.43. The molecule has 0 saturated carbocycles. The SMILES string of the molecule is C=CCCN(C/C=N/OC)S(=O)(=O)c1ccc(C)cc1. The summed E-state index contributed by atoms with van der Waals surface area (Å²) in [5, 5.41) is 3.58. The molecule has 0 spiro atoms. The highest BCUT2D eigenvalue weighted by Gasteiger charge is 2.22. The molecule has 20 heavy (non-hydrogen) atoms. The Morgan fingerprint density at radius 2 is 2.00 bits per heavy atom. The molecule has 0 fully saturated rings. The van der Waals surface area contributed by atoms with Crippen molar-refractivity contribution in [2.75, 3.05) is 20.2 Å². The van der Waals surface area contributed by atoms with Crippen LogP contribution in [0.15, 0.2) is 47.0 Å². The van der Waals surface area contributed by atoms with Crippen LogP contribution in [0.5, 0.6) is 0 Å². The van der Waals surface area contributed by atoms with Gasteiger partial charge >= 0.3 is 0 Å². The number of benzene rings is 1. The molecule has 0 bridgehead atoms. The fourth-order valence-corrected chi connectivity index (χ4v) is 2.99. The highest BCUT2D eigenvalue weighted by Crippen LogP contribution is 2.16. The second kappa shape index (κ2) is 7.81. The number of rotatable bonds is 8. The topological polar surface area (TPSA) is 59.0 Å². The zero-order valence-corrected chi connectivity index (χ0v) is 12.6. The van der Waals surface area contributed by atoms with E-state index in [1.807, 2.05) is 6.92 Å². The third-order valence-corrected chi connectivity index (χ3v) is 4.59. The molecule has 0 aliphatic heterocycles. The normalized spacial score (nSPS) is 11.9. The minimum absolute atomic E-state index is 0.165. The lowest BCUT2D eigenvalue weighted by Gasteiger charge is -2.19. The average molecular weight is 296 g/mol. The Balaban J connectivity index is 2.99. The van der Waals surface area contributed by atoms with E-state index in [0.29, 0.717) is 13.0 Å². The van der Waals surface area contributed by atoms with Gasteiger partial charge in [-0.1, -0.05) is 28.9 Å². The van der Waals surface area contributed by atoms with Crippen LogP contribution >= 0.6 is 0 Å². The first-order chi connectivity index (χ1) is 9.52. The molecule has 0 aromatic heterocycles. The van der Waals surface area contributed by atoms with E-state index in [1.165, 1.54) is 17.6 Å². The number of nitrogens with zero attached hydrogens (tertiary/aromatic N) is 2. The molecule has 0 atom stereocenters. The van der Waals surface area contributed by atoms with Gasteiger partial charge in [0.05, 0.1) is 17.7 Å². The van der Waals surface area contributed by atoms with Crippen LogP contribution in [0.25, 0.3) is 0 Å². The molecule has 0 saturated heterocycles. The summed E-state index contributed by atoms with van der Waals surface area (Å²) in [6.45, 7) is 6.05. The molecule has 0 N–H and O–H groups in total. The lowest BCUT2D eigenvalue weighted by molar-refractivity contribution is 0.214. The third kappa shape index (κ3) is 4.47. The van der Waals surface area contributed by atoms with Gasteiger partial charge in [-0.05, 0) is 25.5 Å². The largest absolute Gasteiger partial charge is 0.399 e. The van der Waals surface area contributed by atoms with Gasteiger partial charge in [0, 0.05) is 6.54 Å². The Hall–Kier alpha value is -1.66. The second-order valence-corrected chi connectivity index (χ2v) is 6.16. The van der Waals surface area contributed by atoms with Crippen molar-refractivity contribution in [3.63, 3.8) is 0 Å². The minimum atomic E-state index is -3.53. The van der Waals surface area contributed by atoms with Gasteiger partial charge in [0.25, 0.3) is 0 Å². The summed E-state index contributed by atoms with van der Waals surface area (Å²) in [4.78, 5) is 4.83. The number of hydrogen-bond donors (Lipinski definition) is 0. The number of aryl methyl sites for hydroxylation is 1. The van der Waals surface area contributed by atoms with Crippen LogP contribution in [0.2, 0.25) is 0 Å². The van der Waals surface area contributed by atoms with Gasteiger partial charge in [-0.15, -0.1) is 6.58 Å². The van der Waals surface area contributed by atoms with E-state index in [2.05, 4.69) is 16.6 Å². The second-order valence-electron chi connectivity index (χ2n) is 4.22. The predicted octanol–water partition coefficient (Wildman–Crippen LogP) is 2.19. The molecular weight excluding hydrogens is 276 g/mol. The molecule has 0 aliphatic rings. The smallest absolute Gasteiger partial charge is 0.243 e. The van der Waals surface area contributed by atoms with E-state index in [4.69, 9.17) is 0 Å². The highest BCUT2D eigenvalue weighted by atomic mass is 32.2. The highest BCUT2D eigenvalue weighted by molar-refractivity contribution is 7.89. The maximum Gasteiger partial charge on any atom is 0.243 e. The Morgan fingerprint density at radius 1 is 1.35 bits per heavy atom. The van der Waals surface area contributed by atoms with Crippen molar-refractivity contribution in [2.45, 2.75) is 18.2 Å². The summed E-state index contributed by atoms with van der Waals surface area (Å²) in [7, 11) is -2.12. The molecule has 0 heterocycles. The van der Waals surface area contributed by atoms with Gasteiger partial charge in [0.15, 0.2) is 0 Å². The van der Waals surface area contributed by atoms with E-state index in [1.54, 1.807) is 30.3 Å². The maximum absolute atomic E-state index is 12.5. The minimum Gasteiger partial charge on any atom is -0.399 e. The van der Waals surface area contributed by atoms with Crippen molar-refractivity contribution >= 4 is 16.2 Å². The molecule has 6 heteroatoms. The maximum atomic E-state index is 12.5. The molecule has 1 rings (SSSR count). The van der Waals surface area contributed by atoms with Gasteiger partial charge in [0.1, 0.15) is 7.11 Å². The summed E-state index contributed by atoms with van der Waals surface area (Å²) in [6.07, 6.45) is 3.69. The van der Waals surface area contributed by atoms with Crippen LogP contribution in [-0.2, 0) is 14.9 Å². The van der Waals surface area contributed by atoms with Crippen molar-refractivity contribution in [2.24, 2.45) is 5.16 Å². The quantitative estimate of drug-likeness (QED) is 0.420. The Morgan fingerprint density at radius 3 is 2.55 bits per heavy atom. The lowest BCUT2D eigenvalue weighted by atomic mass is 10.2. The molecule has 0 amide bonds. The summed E-state index contributed by atoms with van der Waals surface area (Å²) < 4.78 is 26.4. The van der Waals surface area contributed by atoms with Crippen molar-refractivity contribution in [3.05, 3.63) is 42.5 Å². The van der Waals surface area contributed by atoms with E-state index >= 15 is 0 Å². The Labute approximate surface area is 120 Å². The molecule has 1 aromatic carbocycles. The van der Waals surface area contributed by atoms with Crippen LogP contribution in [0.3, 0.4) is 0 Å². The first kappa shape index (κ1) is 16.4. The summed E-state index contributed by atoms with van der Waals surface area (Å²) in [5.41, 5.74) is 1.02. The fraction of sp³-hybridized carbons (Fsp3) is 0.357. The van der Waals surface area contributed by atoms with Crippen molar-refractivity contribution in [1.29, 1.82) is 0 Å². The van der Waals surface area contributed by atoms with Gasteiger partial charge in [0.2, 0.25) is 10.0 Å². The molecule has 0 unspecified atom stereocenters. The van der Waals surface area contributed by atoms with Crippen LogP contribution in [-0.4, -0.2) is 39.1 Å². The fourth-order valence-electron chi connectivity index (χ4n) is 1.60. The van der Waals surface area contributed by atoms with Crippen molar-refractivity contribution < 1.29 is 13.3 Å². The number of hydrogen-bond acceptors (Lipinski definition) is 4. The zero-order chi connectivity index (χ0) is 15.0. The van der Waals surface area contributed by atoms with Gasteiger partial charge in [-0.25, -0.2) is 8.42 Å². The van der Waals surface area contributed by atoms with E-state index in [0.717, 1.165) is 5.56 Å². The number of oxime groups is 1. The van der Waals surface area contributed by atoms with Crippen LogP contribution in [0.1, 0.15) is 12.0 Å².